The topological polar surface area (TPSA) is 75.9 Å². The van der Waals surface area contributed by atoms with Crippen LogP contribution >= 0.6 is 0 Å². The molecule has 33 heavy (non-hydrogen) atoms. The van der Waals surface area contributed by atoms with Gasteiger partial charge in [-0.15, -0.1) is 0 Å². The fourth-order valence-electron chi connectivity index (χ4n) is 5.62. The Morgan fingerprint density at radius 1 is 1.03 bits per heavy atom. The lowest BCUT2D eigenvalue weighted by molar-refractivity contribution is -0.159. The third kappa shape index (κ3) is 4.62. The monoisotopic (exact) mass is 467 g/mol. The first kappa shape index (κ1) is 24.0. The summed E-state index contributed by atoms with van der Waals surface area (Å²) in [7, 11) is 0. The van der Waals surface area contributed by atoms with Gasteiger partial charge < -0.3 is 20.3 Å². The molecular weight excluding hydrogens is 435 g/mol. The highest BCUT2D eigenvalue weighted by atomic mass is 19.2. The second-order valence-electron chi connectivity index (χ2n) is 10.1. The molecule has 0 radical (unpaired) electrons. The van der Waals surface area contributed by atoms with Crippen molar-refractivity contribution in [1.29, 1.82) is 0 Å². The summed E-state index contributed by atoms with van der Waals surface area (Å²) in [6, 6.07) is 0.929. The Balaban J connectivity index is 1.43. The van der Waals surface area contributed by atoms with E-state index in [4.69, 9.17) is 10.5 Å². The van der Waals surface area contributed by atoms with Gasteiger partial charge in [0.15, 0.2) is 11.6 Å². The van der Waals surface area contributed by atoms with Crippen molar-refractivity contribution in [2.24, 2.45) is 17.1 Å². The minimum Gasteiger partial charge on any atom is -0.378 e. The first-order valence-electron chi connectivity index (χ1n) is 11.7. The van der Waals surface area contributed by atoms with Crippen LogP contribution in [-0.2, 0) is 20.7 Å². The van der Waals surface area contributed by atoms with Crippen LogP contribution in [-0.4, -0.2) is 66.0 Å². The highest BCUT2D eigenvalue weighted by Gasteiger charge is 2.50. The van der Waals surface area contributed by atoms with Crippen LogP contribution in [0.2, 0.25) is 0 Å². The lowest BCUT2D eigenvalue weighted by Crippen LogP contribution is -2.58. The minimum absolute atomic E-state index is 0.0251. The van der Waals surface area contributed by atoms with Crippen LogP contribution in [0.4, 0.5) is 13.2 Å². The van der Waals surface area contributed by atoms with Gasteiger partial charge in [-0.05, 0) is 63.5 Å². The van der Waals surface area contributed by atoms with Crippen molar-refractivity contribution in [3.05, 3.63) is 35.1 Å². The normalized spacial score (nSPS) is 26.4. The zero-order valence-corrected chi connectivity index (χ0v) is 19.2. The number of fused-ring (bicyclic) bond motifs is 2. The Morgan fingerprint density at radius 2 is 1.61 bits per heavy atom. The van der Waals surface area contributed by atoms with Crippen molar-refractivity contribution in [1.82, 2.24) is 9.80 Å². The summed E-state index contributed by atoms with van der Waals surface area (Å²) in [6.07, 6.45) is 3.07. The number of benzene rings is 1. The number of piperidine rings is 1. The van der Waals surface area contributed by atoms with E-state index >= 15 is 0 Å². The molecule has 2 amide bonds. The largest absolute Gasteiger partial charge is 0.378 e. The summed E-state index contributed by atoms with van der Waals surface area (Å²) in [5, 5.41) is 0. The summed E-state index contributed by atoms with van der Waals surface area (Å²) in [5.41, 5.74) is 5.28. The van der Waals surface area contributed by atoms with Crippen molar-refractivity contribution in [3.63, 3.8) is 0 Å². The van der Waals surface area contributed by atoms with Crippen molar-refractivity contribution in [3.8, 4) is 0 Å². The number of ether oxygens (including phenoxy) is 1. The van der Waals surface area contributed by atoms with Crippen LogP contribution in [0.25, 0.3) is 0 Å². The van der Waals surface area contributed by atoms with Crippen LogP contribution in [0.3, 0.4) is 0 Å². The van der Waals surface area contributed by atoms with E-state index in [1.807, 2.05) is 4.90 Å². The maximum atomic E-state index is 14.1. The molecule has 0 spiro atoms. The van der Waals surface area contributed by atoms with E-state index in [-0.39, 0.29) is 41.8 Å². The average molecular weight is 468 g/mol. The molecule has 0 saturated carbocycles. The van der Waals surface area contributed by atoms with Gasteiger partial charge in [0, 0.05) is 37.3 Å². The maximum Gasteiger partial charge on any atom is 0.238 e. The number of nitrogens with zero attached hydrogens (tertiary/aromatic N) is 2. The van der Waals surface area contributed by atoms with Crippen molar-refractivity contribution >= 4 is 11.8 Å². The molecule has 1 aromatic carbocycles. The number of carbonyl (C=O) groups excluding carboxylic acids is 2. The summed E-state index contributed by atoms with van der Waals surface area (Å²) in [6.45, 7) is 5.30. The number of carbonyl (C=O) groups is 2. The van der Waals surface area contributed by atoms with Gasteiger partial charge in [-0.2, -0.15) is 0 Å². The van der Waals surface area contributed by atoms with E-state index in [9.17, 15) is 22.8 Å². The standard InChI is InChI=1S/C24H32F3N3O3/c1-24(2,22(31)29-5-7-33-8-6-29)23(32)30-16-3-4-17(30)10-15(9-16)21(28)12-14-11-19(26)20(27)13-18(14)25/h11,13,15-17,21H,3-10,12,28H2,1-2H3/t15?,16?,17?,21-/m1/s1. The molecule has 0 aromatic heterocycles. The molecule has 2 N–H and O–H groups in total. The molecule has 2 unspecified atom stereocenters. The molecule has 9 heteroatoms. The first-order valence-corrected chi connectivity index (χ1v) is 11.7. The number of hydrogen-bond acceptors (Lipinski definition) is 4. The Kier molecular flexibility index (Phi) is 6.73. The van der Waals surface area contributed by atoms with E-state index in [1.165, 1.54) is 0 Å². The Bertz CT molecular complexity index is 906. The summed E-state index contributed by atoms with van der Waals surface area (Å²) >= 11 is 0. The van der Waals surface area contributed by atoms with Crippen LogP contribution < -0.4 is 5.73 Å². The zero-order valence-electron chi connectivity index (χ0n) is 19.2. The Morgan fingerprint density at radius 3 is 2.21 bits per heavy atom. The predicted molar refractivity (Wildman–Crippen MR) is 116 cm³/mol. The molecule has 3 saturated heterocycles. The van der Waals surface area contributed by atoms with E-state index in [0.717, 1.165) is 18.9 Å². The molecule has 3 heterocycles. The highest BCUT2D eigenvalue weighted by Crippen LogP contribution is 2.42. The average Bonchev–Trinajstić information content (AvgIpc) is 3.05. The molecular formula is C24H32F3N3O3. The molecule has 3 aliphatic rings. The summed E-state index contributed by atoms with van der Waals surface area (Å²) in [5.74, 6) is -3.43. The van der Waals surface area contributed by atoms with E-state index in [0.29, 0.717) is 45.2 Å². The molecule has 4 rings (SSSR count). The van der Waals surface area contributed by atoms with Crippen molar-refractivity contribution in [2.45, 2.75) is 64.1 Å². The zero-order chi connectivity index (χ0) is 23.9. The van der Waals surface area contributed by atoms with E-state index < -0.39 is 28.9 Å². The van der Waals surface area contributed by atoms with Crippen LogP contribution in [0, 0.1) is 28.8 Å². The molecule has 3 atom stereocenters. The number of amides is 2. The van der Waals surface area contributed by atoms with Crippen LogP contribution in [0.15, 0.2) is 12.1 Å². The van der Waals surface area contributed by atoms with Gasteiger partial charge in [-0.25, -0.2) is 13.2 Å². The molecule has 1 aromatic rings. The second kappa shape index (κ2) is 9.25. The summed E-state index contributed by atoms with van der Waals surface area (Å²) in [4.78, 5) is 30.2. The number of morpholine rings is 1. The van der Waals surface area contributed by atoms with Gasteiger partial charge in [-0.3, -0.25) is 9.59 Å². The second-order valence-corrected chi connectivity index (χ2v) is 10.1. The SMILES string of the molecule is CC(C)(C(=O)N1CCOCC1)C(=O)N1C2CCC1CC([C@H](N)Cc1cc(F)c(F)cc1F)C2. The smallest absolute Gasteiger partial charge is 0.238 e. The molecule has 2 bridgehead atoms. The maximum absolute atomic E-state index is 14.1. The van der Waals surface area contributed by atoms with E-state index in [2.05, 4.69) is 0 Å². The van der Waals surface area contributed by atoms with Gasteiger partial charge in [0.1, 0.15) is 11.2 Å². The Labute approximate surface area is 192 Å². The number of rotatable bonds is 5. The van der Waals surface area contributed by atoms with E-state index in [1.54, 1.807) is 18.7 Å². The lowest BCUT2D eigenvalue weighted by Gasteiger charge is -2.44. The first-order chi connectivity index (χ1) is 15.6. The van der Waals surface area contributed by atoms with Crippen molar-refractivity contribution < 1.29 is 27.5 Å². The third-order valence-corrected chi connectivity index (χ3v) is 7.52. The predicted octanol–water partition coefficient (Wildman–Crippen LogP) is 2.63. The van der Waals surface area contributed by atoms with Gasteiger partial charge in [-0.1, -0.05) is 0 Å². The fourth-order valence-corrected chi connectivity index (χ4v) is 5.62. The molecule has 3 fully saturated rings. The highest BCUT2D eigenvalue weighted by molar-refractivity contribution is 6.04. The third-order valence-electron chi connectivity index (χ3n) is 7.52. The molecule has 0 aliphatic carbocycles. The minimum atomic E-state index is -1.22. The number of hydrogen-bond donors (Lipinski definition) is 1. The fraction of sp³-hybridized carbons (Fsp3) is 0.667. The van der Waals surface area contributed by atoms with Gasteiger partial charge in [0.25, 0.3) is 0 Å². The molecule has 6 nitrogen and oxygen atoms in total. The number of halogens is 3. The number of nitrogens with two attached hydrogens (primary N) is 1. The molecule has 182 valence electrons. The molecule has 3 aliphatic heterocycles. The Hall–Kier alpha value is -2.13. The van der Waals surface area contributed by atoms with Gasteiger partial charge >= 0.3 is 0 Å². The lowest BCUT2D eigenvalue weighted by atomic mass is 9.80. The summed E-state index contributed by atoms with van der Waals surface area (Å²) < 4.78 is 46.2. The van der Waals surface area contributed by atoms with Crippen molar-refractivity contribution in [2.75, 3.05) is 26.3 Å². The van der Waals surface area contributed by atoms with Gasteiger partial charge in [0.2, 0.25) is 11.8 Å². The van der Waals surface area contributed by atoms with Gasteiger partial charge in [0.05, 0.1) is 13.2 Å². The van der Waals surface area contributed by atoms with Crippen LogP contribution in [0.1, 0.15) is 45.1 Å². The quantitative estimate of drug-likeness (QED) is 0.534. The van der Waals surface area contributed by atoms with Crippen LogP contribution in [0.5, 0.6) is 0 Å².